The number of sulfonamides is 1. The van der Waals surface area contributed by atoms with E-state index in [4.69, 9.17) is 4.74 Å². The second-order valence-electron chi connectivity index (χ2n) is 7.81. The number of carbonyl (C=O) groups is 2. The molecule has 0 heterocycles. The fourth-order valence-electron chi connectivity index (χ4n) is 2.45. The van der Waals surface area contributed by atoms with Crippen molar-refractivity contribution < 1.29 is 22.7 Å². The van der Waals surface area contributed by atoms with Crippen molar-refractivity contribution in [3.8, 4) is 0 Å². The van der Waals surface area contributed by atoms with Gasteiger partial charge in [-0.05, 0) is 31.2 Å². The molecule has 0 radical (unpaired) electrons. The van der Waals surface area contributed by atoms with Crippen molar-refractivity contribution in [2.24, 2.45) is 5.41 Å². The molecule has 0 fully saturated rings. The molecule has 0 amide bonds. The minimum absolute atomic E-state index is 0.0944. The zero-order chi connectivity index (χ0) is 21.7. The molecular weight excluding hydrogens is 390 g/mol. The summed E-state index contributed by atoms with van der Waals surface area (Å²) >= 11 is 0. The van der Waals surface area contributed by atoms with Gasteiger partial charge in [-0.15, -0.1) is 0 Å². The van der Waals surface area contributed by atoms with Crippen LogP contribution in [0.1, 0.15) is 32.8 Å². The summed E-state index contributed by atoms with van der Waals surface area (Å²) in [6, 6.07) is 15.1. The molecule has 156 valence electrons. The SMILES string of the molecule is Cc1ccc(N(CCC(=O)OCC(=O)C(C)(C)C)S(=O)(=O)c2ccccc2)cc1. The first-order chi connectivity index (χ1) is 13.5. The Kier molecular flexibility index (Phi) is 7.19. The lowest BCUT2D eigenvalue weighted by Gasteiger charge is -2.24. The molecule has 0 spiro atoms. The van der Waals surface area contributed by atoms with Crippen LogP contribution in [0.5, 0.6) is 0 Å². The number of ether oxygens (including phenoxy) is 1. The van der Waals surface area contributed by atoms with Crippen molar-refractivity contribution in [3.05, 3.63) is 60.2 Å². The molecule has 0 saturated heterocycles. The summed E-state index contributed by atoms with van der Waals surface area (Å²) in [4.78, 5) is 24.2. The molecule has 0 N–H and O–H groups in total. The molecule has 2 aromatic rings. The van der Waals surface area contributed by atoms with Crippen LogP contribution >= 0.6 is 0 Å². The number of esters is 1. The topological polar surface area (TPSA) is 80.8 Å². The summed E-state index contributed by atoms with van der Waals surface area (Å²) in [5.41, 5.74) is 0.842. The van der Waals surface area contributed by atoms with Crippen LogP contribution in [-0.4, -0.2) is 33.3 Å². The third-order valence-electron chi connectivity index (χ3n) is 4.37. The number of anilines is 1. The highest BCUT2D eigenvalue weighted by molar-refractivity contribution is 7.92. The smallest absolute Gasteiger partial charge is 0.308 e. The van der Waals surface area contributed by atoms with Crippen LogP contribution in [0.4, 0.5) is 5.69 Å². The van der Waals surface area contributed by atoms with Crippen LogP contribution in [0.2, 0.25) is 0 Å². The average molecular weight is 418 g/mol. The Morgan fingerprint density at radius 1 is 0.966 bits per heavy atom. The van der Waals surface area contributed by atoms with Crippen LogP contribution in [0, 0.1) is 12.3 Å². The van der Waals surface area contributed by atoms with E-state index in [-0.39, 0.29) is 30.3 Å². The normalized spacial score (nSPS) is 11.7. The van der Waals surface area contributed by atoms with Crippen LogP contribution in [0.25, 0.3) is 0 Å². The van der Waals surface area contributed by atoms with Gasteiger partial charge >= 0.3 is 5.97 Å². The first-order valence-corrected chi connectivity index (χ1v) is 10.8. The average Bonchev–Trinajstić information content (AvgIpc) is 2.67. The molecule has 2 aromatic carbocycles. The Balaban J connectivity index is 2.18. The molecule has 29 heavy (non-hydrogen) atoms. The van der Waals surface area contributed by atoms with Gasteiger partial charge in [0, 0.05) is 12.0 Å². The molecule has 0 aliphatic heterocycles. The summed E-state index contributed by atoms with van der Waals surface area (Å²) < 4.78 is 32.5. The van der Waals surface area contributed by atoms with Crippen molar-refractivity contribution in [3.63, 3.8) is 0 Å². The van der Waals surface area contributed by atoms with E-state index in [0.717, 1.165) is 5.56 Å². The summed E-state index contributed by atoms with van der Waals surface area (Å²) in [6.45, 7) is 6.72. The second-order valence-corrected chi connectivity index (χ2v) is 9.67. The number of aryl methyl sites for hydroxylation is 1. The van der Waals surface area contributed by atoms with Crippen molar-refractivity contribution in [2.45, 2.75) is 39.0 Å². The molecular formula is C22H27NO5S. The molecule has 0 aliphatic carbocycles. The summed E-state index contributed by atoms with van der Waals surface area (Å²) in [5.74, 6) is -0.818. The number of rotatable bonds is 8. The number of nitrogens with zero attached hydrogens (tertiary/aromatic N) is 1. The van der Waals surface area contributed by atoms with Gasteiger partial charge in [-0.2, -0.15) is 0 Å². The van der Waals surface area contributed by atoms with Gasteiger partial charge in [0.25, 0.3) is 10.0 Å². The van der Waals surface area contributed by atoms with E-state index in [2.05, 4.69) is 0 Å². The van der Waals surface area contributed by atoms with Crippen molar-refractivity contribution in [1.29, 1.82) is 0 Å². The number of ketones is 1. The second kappa shape index (κ2) is 9.22. The van der Waals surface area contributed by atoms with Crippen LogP contribution in [0.15, 0.2) is 59.5 Å². The van der Waals surface area contributed by atoms with Crippen molar-refractivity contribution in [1.82, 2.24) is 0 Å². The van der Waals surface area contributed by atoms with Gasteiger partial charge in [0.15, 0.2) is 12.4 Å². The van der Waals surface area contributed by atoms with Gasteiger partial charge in [0.2, 0.25) is 0 Å². The number of carbonyl (C=O) groups excluding carboxylic acids is 2. The molecule has 7 heteroatoms. The molecule has 6 nitrogen and oxygen atoms in total. The number of hydrogen-bond donors (Lipinski definition) is 0. The van der Waals surface area contributed by atoms with E-state index >= 15 is 0 Å². The van der Waals surface area contributed by atoms with Crippen LogP contribution < -0.4 is 4.31 Å². The quantitative estimate of drug-likeness (QED) is 0.611. The first kappa shape index (κ1) is 22.6. The van der Waals surface area contributed by atoms with E-state index < -0.39 is 21.4 Å². The van der Waals surface area contributed by atoms with E-state index in [1.807, 2.05) is 19.1 Å². The van der Waals surface area contributed by atoms with Gasteiger partial charge in [-0.1, -0.05) is 56.7 Å². The van der Waals surface area contributed by atoms with Crippen LogP contribution in [0.3, 0.4) is 0 Å². The minimum Gasteiger partial charge on any atom is -0.458 e. The fraction of sp³-hybridized carbons (Fsp3) is 0.364. The lowest BCUT2D eigenvalue weighted by Crippen LogP contribution is -2.34. The lowest BCUT2D eigenvalue weighted by molar-refractivity contribution is -0.149. The molecule has 0 unspecified atom stereocenters. The van der Waals surface area contributed by atoms with Gasteiger partial charge in [0.1, 0.15) is 0 Å². The molecule has 0 aliphatic rings. The fourth-order valence-corrected chi connectivity index (χ4v) is 3.93. The minimum atomic E-state index is -3.86. The zero-order valence-corrected chi connectivity index (χ0v) is 18.0. The Bertz CT molecular complexity index is 945. The maximum absolute atomic E-state index is 13.1. The first-order valence-electron chi connectivity index (χ1n) is 9.35. The Morgan fingerprint density at radius 3 is 2.10 bits per heavy atom. The van der Waals surface area contributed by atoms with Gasteiger partial charge in [0.05, 0.1) is 17.0 Å². The predicted molar refractivity (Wildman–Crippen MR) is 112 cm³/mol. The maximum Gasteiger partial charge on any atom is 0.308 e. The molecule has 0 atom stereocenters. The van der Waals surface area contributed by atoms with E-state index in [0.29, 0.717) is 5.69 Å². The standard InChI is InChI=1S/C22H27NO5S/c1-17-10-12-18(13-11-17)23(29(26,27)19-8-6-5-7-9-19)15-14-21(25)28-16-20(24)22(2,3)4/h5-13H,14-16H2,1-4H3. The summed E-state index contributed by atoms with van der Waals surface area (Å²) in [7, 11) is -3.86. The number of Topliss-reactive ketones (excluding diaryl/α,β-unsaturated/α-hetero) is 1. The maximum atomic E-state index is 13.1. The molecule has 0 bridgehead atoms. The molecule has 2 rings (SSSR count). The van der Waals surface area contributed by atoms with Gasteiger partial charge < -0.3 is 4.74 Å². The number of hydrogen-bond acceptors (Lipinski definition) is 5. The Morgan fingerprint density at radius 2 is 1.55 bits per heavy atom. The zero-order valence-electron chi connectivity index (χ0n) is 17.2. The summed E-state index contributed by atoms with van der Waals surface area (Å²) in [5, 5.41) is 0. The highest BCUT2D eigenvalue weighted by atomic mass is 32.2. The third-order valence-corrected chi connectivity index (χ3v) is 6.21. The van der Waals surface area contributed by atoms with Crippen molar-refractivity contribution >= 4 is 27.5 Å². The lowest BCUT2D eigenvalue weighted by atomic mass is 9.91. The van der Waals surface area contributed by atoms with E-state index in [1.54, 1.807) is 51.1 Å². The molecule has 0 aromatic heterocycles. The predicted octanol–water partition coefficient (Wildman–Crippen LogP) is 3.74. The van der Waals surface area contributed by atoms with Crippen molar-refractivity contribution in [2.75, 3.05) is 17.5 Å². The largest absolute Gasteiger partial charge is 0.458 e. The monoisotopic (exact) mass is 417 g/mol. The summed E-state index contributed by atoms with van der Waals surface area (Å²) in [6.07, 6.45) is -0.169. The van der Waals surface area contributed by atoms with E-state index in [9.17, 15) is 18.0 Å². The number of benzene rings is 2. The van der Waals surface area contributed by atoms with E-state index in [1.165, 1.54) is 16.4 Å². The highest BCUT2D eigenvalue weighted by Crippen LogP contribution is 2.24. The Hall–Kier alpha value is -2.67. The molecule has 0 saturated carbocycles. The van der Waals surface area contributed by atoms with Gasteiger partial charge in [-0.3, -0.25) is 13.9 Å². The highest BCUT2D eigenvalue weighted by Gasteiger charge is 2.26. The van der Waals surface area contributed by atoms with Gasteiger partial charge in [-0.25, -0.2) is 8.42 Å². The van der Waals surface area contributed by atoms with Crippen LogP contribution in [-0.2, 0) is 24.3 Å². The third kappa shape index (κ3) is 6.15. The Labute approximate surface area is 172 Å².